The minimum Gasteiger partial charge on any atom is -0.467 e. The van der Waals surface area contributed by atoms with Gasteiger partial charge in [-0.3, -0.25) is 14.4 Å². The van der Waals surface area contributed by atoms with Crippen molar-refractivity contribution in [2.24, 2.45) is 5.41 Å². The van der Waals surface area contributed by atoms with Crippen LogP contribution in [0.5, 0.6) is 0 Å². The summed E-state index contributed by atoms with van der Waals surface area (Å²) in [5, 5.41) is 7.78. The molecule has 3 N–H and O–H groups in total. The lowest BCUT2D eigenvalue weighted by atomic mass is 9.96. The highest BCUT2D eigenvalue weighted by atomic mass is 16.3. The molecule has 7 heteroatoms. The van der Waals surface area contributed by atoms with Gasteiger partial charge >= 0.3 is 0 Å². The number of amides is 3. The molecule has 0 aliphatic carbocycles. The maximum Gasteiger partial charge on any atom is 0.239 e. The van der Waals surface area contributed by atoms with Crippen LogP contribution in [-0.2, 0) is 20.9 Å². The van der Waals surface area contributed by atoms with Crippen LogP contribution in [0.15, 0.2) is 22.8 Å². The molecule has 0 aliphatic rings. The standard InChI is InChI=1S/C15H23N3O4/c1-15(2,3)14(21)16-7-6-12(19)18-10-13(20)17-9-11-5-4-8-22-11/h4-5,8H,6-7,9-10H2,1-3H3,(H,16,21)(H,17,20)(H,18,19). The second-order valence-corrected chi connectivity index (χ2v) is 5.89. The highest BCUT2D eigenvalue weighted by Gasteiger charge is 2.20. The summed E-state index contributed by atoms with van der Waals surface area (Å²) >= 11 is 0. The molecule has 0 saturated carbocycles. The zero-order valence-corrected chi connectivity index (χ0v) is 13.2. The Morgan fingerprint density at radius 2 is 1.82 bits per heavy atom. The number of furan rings is 1. The summed E-state index contributed by atoms with van der Waals surface area (Å²) in [6.45, 7) is 5.81. The molecule has 3 amide bonds. The summed E-state index contributed by atoms with van der Waals surface area (Å²) in [4.78, 5) is 34.7. The Bertz CT molecular complexity index is 503. The van der Waals surface area contributed by atoms with Gasteiger partial charge in [0.05, 0.1) is 19.4 Å². The number of nitrogens with one attached hydrogen (secondary N) is 3. The van der Waals surface area contributed by atoms with Crippen LogP contribution in [0.3, 0.4) is 0 Å². The van der Waals surface area contributed by atoms with E-state index in [9.17, 15) is 14.4 Å². The average Bonchev–Trinajstić information content (AvgIpc) is 2.95. The molecule has 0 aliphatic heterocycles. The fourth-order valence-electron chi connectivity index (χ4n) is 1.48. The molecule has 0 atom stereocenters. The zero-order valence-electron chi connectivity index (χ0n) is 13.2. The first-order valence-electron chi connectivity index (χ1n) is 7.13. The lowest BCUT2D eigenvalue weighted by molar-refractivity contribution is -0.129. The lowest BCUT2D eigenvalue weighted by Gasteiger charge is -2.17. The van der Waals surface area contributed by atoms with Crippen molar-refractivity contribution in [3.05, 3.63) is 24.2 Å². The molecule has 0 bridgehead atoms. The predicted octanol–water partition coefficient (Wildman–Crippen LogP) is 0.564. The van der Waals surface area contributed by atoms with Gasteiger partial charge in [-0.05, 0) is 12.1 Å². The Kier molecular flexibility index (Phi) is 6.62. The van der Waals surface area contributed by atoms with Crippen LogP contribution in [-0.4, -0.2) is 30.8 Å². The van der Waals surface area contributed by atoms with Gasteiger partial charge in [0.25, 0.3) is 0 Å². The van der Waals surface area contributed by atoms with Crippen molar-refractivity contribution >= 4 is 17.7 Å². The third-order valence-corrected chi connectivity index (χ3v) is 2.80. The minimum atomic E-state index is -0.484. The van der Waals surface area contributed by atoms with Crippen molar-refractivity contribution in [1.82, 2.24) is 16.0 Å². The largest absolute Gasteiger partial charge is 0.467 e. The first kappa shape index (κ1) is 17.7. The summed E-state index contributed by atoms with van der Waals surface area (Å²) < 4.78 is 5.07. The van der Waals surface area contributed by atoms with E-state index in [4.69, 9.17) is 4.42 Å². The van der Waals surface area contributed by atoms with Gasteiger partial charge in [-0.2, -0.15) is 0 Å². The van der Waals surface area contributed by atoms with Gasteiger partial charge < -0.3 is 20.4 Å². The van der Waals surface area contributed by atoms with Gasteiger partial charge in [0, 0.05) is 18.4 Å². The van der Waals surface area contributed by atoms with Crippen LogP contribution >= 0.6 is 0 Å². The molecular formula is C15H23N3O4. The Morgan fingerprint density at radius 3 is 2.41 bits per heavy atom. The lowest BCUT2D eigenvalue weighted by Crippen LogP contribution is -2.39. The Morgan fingerprint density at radius 1 is 1.09 bits per heavy atom. The second-order valence-electron chi connectivity index (χ2n) is 5.89. The first-order chi connectivity index (χ1) is 10.3. The molecule has 122 valence electrons. The molecule has 0 spiro atoms. The molecule has 0 radical (unpaired) electrons. The molecule has 1 rings (SSSR count). The number of hydrogen-bond donors (Lipinski definition) is 3. The predicted molar refractivity (Wildman–Crippen MR) is 80.6 cm³/mol. The SMILES string of the molecule is CC(C)(C)C(=O)NCCC(=O)NCC(=O)NCc1ccco1. The summed E-state index contributed by atoms with van der Waals surface area (Å²) in [7, 11) is 0. The Hall–Kier alpha value is -2.31. The molecule has 7 nitrogen and oxygen atoms in total. The van der Waals surface area contributed by atoms with E-state index in [-0.39, 0.29) is 43.8 Å². The smallest absolute Gasteiger partial charge is 0.239 e. The molecule has 1 aromatic heterocycles. The maximum absolute atomic E-state index is 11.6. The molecule has 0 aromatic carbocycles. The fraction of sp³-hybridized carbons (Fsp3) is 0.533. The van der Waals surface area contributed by atoms with Crippen LogP contribution in [0.25, 0.3) is 0 Å². The number of rotatable bonds is 7. The Balaban J connectivity index is 2.12. The third-order valence-electron chi connectivity index (χ3n) is 2.80. The summed E-state index contributed by atoms with van der Waals surface area (Å²) in [6, 6.07) is 3.48. The first-order valence-corrected chi connectivity index (χ1v) is 7.13. The summed E-state index contributed by atoms with van der Waals surface area (Å²) in [5.41, 5.74) is -0.484. The van der Waals surface area contributed by atoms with Gasteiger partial charge in [-0.15, -0.1) is 0 Å². The van der Waals surface area contributed by atoms with Gasteiger partial charge in [0.15, 0.2) is 0 Å². The van der Waals surface area contributed by atoms with Gasteiger partial charge in [-0.1, -0.05) is 20.8 Å². The van der Waals surface area contributed by atoms with E-state index in [2.05, 4.69) is 16.0 Å². The van der Waals surface area contributed by atoms with E-state index >= 15 is 0 Å². The maximum atomic E-state index is 11.6. The number of carbonyl (C=O) groups is 3. The zero-order chi connectivity index (χ0) is 16.6. The minimum absolute atomic E-state index is 0.104. The number of hydrogen-bond acceptors (Lipinski definition) is 4. The highest BCUT2D eigenvalue weighted by molar-refractivity contribution is 5.85. The van der Waals surface area contributed by atoms with Crippen molar-refractivity contribution < 1.29 is 18.8 Å². The van der Waals surface area contributed by atoms with Gasteiger partial charge in [0.1, 0.15) is 5.76 Å². The van der Waals surface area contributed by atoms with Crippen LogP contribution in [0.1, 0.15) is 33.0 Å². The van der Waals surface area contributed by atoms with Crippen molar-refractivity contribution in [2.75, 3.05) is 13.1 Å². The summed E-state index contributed by atoms with van der Waals surface area (Å²) in [5.74, 6) is -0.0631. The quantitative estimate of drug-likeness (QED) is 0.685. The van der Waals surface area contributed by atoms with E-state index in [1.165, 1.54) is 6.26 Å². The van der Waals surface area contributed by atoms with Crippen molar-refractivity contribution in [1.29, 1.82) is 0 Å². The molecule has 1 aromatic rings. The summed E-state index contributed by atoms with van der Waals surface area (Å²) in [6.07, 6.45) is 1.66. The second kappa shape index (κ2) is 8.21. The van der Waals surface area contributed by atoms with Crippen LogP contribution < -0.4 is 16.0 Å². The highest BCUT2D eigenvalue weighted by Crippen LogP contribution is 2.11. The number of carbonyl (C=O) groups excluding carboxylic acids is 3. The monoisotopic (exact) mass is 309 g/mol. The molecule has 0 saturated heterocycles. The van der Waals surface area contributed by atoms with Crippen LogP contribution in [0.2, 0.25) is 0 Å². The topological polar surface area (TPSA) is 100 Å². The van der Waals surface area contributed by atoms with Crippen LogP contribution in [0, 0.1) is 5.41 Å². The van der Waals surface area contributed by atoms with E-state index in [0.717, 1.165) is 0 Å². The van der Waals surface area contributed by atoms with E-state index in [0.29, 0.717) is 5.76 Å². The molecule has 1 heterocycles. The average molecular weight is 309 g/mol. The molecular weight excluding hydrogens is 286 g/mol. The van der Waals surface area contributed by atoms with E-state index in [1.807, 2.05) is 0 Å². The van der Waals surface area contributed by atoms with Crippen molar-refractivity contribution in [3.8, 4) is 0 Å². The fourth-order valence-corrected chi connectivity index (χ4v) is 1.48. The van der Waals surface area contributed by atoms with E-state index < -0.39 is 5.41 Å². The van der Waals surface area contributed by atoms with Crippen molar-refractivity contribution in [2.45, 2.75) is 33.7 Å². The van der Waals surface area contributed by atoms with Gasteiger partial charge in [-0.25, -0.2) is 0 Å². The van der Waals surface area contributed by atoms with E-state index in [1.54, 1.807) is 32.9 Å². The molecule has 0 fully saturated rings. The third kappa shape index (κ3) is 6.92. The van der Waals surface area contributed by atoms with Gasteiger partial charge in [0.2, 0.25) is 17.7 Å². The normalized spacial score (nSPS) is 10.9. The molecule has 22 heavy (non-hydrogen) atoms. The molecule has 0 unspecified atom stereocenters. The van der Waals surface area contributed by atoms with Crippen molar-refractivity contribution in [3.63, 3.8) is 0 Å². The van der Waals surface area contributed by atoms with Crippen LogP contribution in [0.4, 0.5) is 0 Å². The Labute approximate surface area is 129 Å².